The number of nitrogens with one attached hydrogen (secondary N) is 1. The van der Waals surface area contributed by atoms with Crippen molar-refractivity contribution in [3.8, 4) is 5.75 Å². The average Bonchev–Trinajstić information content (AvgIpc) is 2.29. The molecular weight excluding hydrogens is 234 g/mol. The molecule has 1 rings (SSSR count). The lowest BCUT2D eigenvalue weighted by Crippen LogP contribution is -2.23. The molecule has 0 saturated heterocycles. The number of ether oxygens (including phenoxy) is 1. The predicted octanol–water partition coefficient (Wildman–Crippen LogP) is 3.77. The predicted molar refractivity (Wildman–Crippen MR) is 74.2 cm³/mol. The lowest BCUT2D eigenvalue weighted by atomic mass is 9.98. The van der Waals surface area contributed by atoms with Crippen molar-refractivity contribution in [3.63, 3.8) is 0 Å². The highest BCUT2D eigenvalue weighted by Gasteiger charge is 2.16. The minimum absolute atomic E-state index is 0.444. The first-order chi connectivity index (χ1) is 7.90. The van der Waals surface area contributed by atoms with Gasteiger partial charge in [-0.1, -0.05) is 25.4 Å². The summed E-state index contributed by atoms with van der Waals surface area (Å²) in [6, 6.07) is 0.444. The van der Waals surface area contributed by atoms with Crippen LogP contribution >= 0.6 is 11.6 Å². The molecule has 0 aliphatic carbocycles. The number of hydrogen-bond donors (Lipinski definition) is 1. The van der Waals surface area contributed by atoms with Crippen molar-refractivity contribution in [1.82, 2.24) is 5.32 Å². The van der Waals surface area contributed by atoms with Crippen molar-refractivity contribution in [2.75, 3.05) is 7.11 Å². The molecule has 2 nitrogen and oxygen atoms in total. The molecule has 0 fully saturated rings. The first-order valence-electron chi connectivity index (χ1n) is 5.95. The third-order valence-corrected chi connectivity index (χ3v) is 3.75. The largest absolute Gasteiger partial charge is 0.496 e. The molecule has 96 valence electrons. The Morgan fingerprint density at radius 1 is 1.12 bits per heavy atom. The van der Waals surface area contributed by atoms with Crippen LogP contribution in [-0.4, -0.2) is 13.2 Å². The number of hydrogen-bond acceptors (Lipinski definition) is 2. The SMILES string of the molecule is COc1c(C)c(C)c(Cl)c(C)c1CNC(C)C. The molecule has 0 aliphatic rings. The van der Waals surface area contributed by atoms with Crippen molar-refractivity contribution < 1.29 is 4.74 Å². The van der Waals surface area contributed by atoms with Gasteiger partial charge in [0.2, 0.25) is 0 Å². The summed E-state index contributed by atoms with van der Waals surface area (Å²) in [5, 5.41) is 4.26. The average molecular weight is 256 g/mol. The van der Waals surface area contributed by atoms with Gasteiger partial charge in [-0.15, -0.1) is 0 Å². The van der Waals surface area contributed by atoms with E-state index in [0.717, 1.165) is 39.6 Å². The van der Waals surface area contributed by atoms with E-state index in [1.54, 1.807) is 7.11 Å². The molecule has 0 unspecified atom stereocenters. The first-order valence-corrected chi connectivity index (χ1v) is 6.33. The van der Waals surface area contributed by atoms with Crippen molar-refractivity contribution >= 4 is 11.6 Å². The highest BCUT2D eigenvalue weighted by Crippen LogP contribution is 2.35. The molecule has 0 saturated carbocycles. The molecule has 0 heterocycles. The monoisotopic (exact) mass is 255 g/mol. The van der Waals surface area contributed by atoms with Crippen LogP contribution < -0.4 is 10.1 Å². The zero-order chi connectivity index (χ0) is 13.2. The van der Waals surface area contributed by atoms with Crippen molar-refractivity contribution in [2.45, 2.75) is 47.2 Å². The maximum absolute atomic E-state index is 6.35. The van der Waals surface area contributed by atoms with Gasteiger partial charge in [0.05, 0.1) is 7.11 Å². The van der Waals surface area contributed by atoms with Gasteiger partial charge in [-0.3, -0.25) is 0 Å². The lowest BCUT2D eigenvalue weighted by Gasteiger charge is -2.19. The van der Waals surface area contributed by atoms with Crippen LogP contribution in [0.4, 0.5) is 0 Å². The van der Waals surface area contributed by atoms with Crippen LogP contribution in [0.25, 0.3) is 0 Å². The Labute approximate surface area is 109 Å². The van der Waals surface area contributed by atoms with Crippen LogP contribution in [0.2, 0.25) is 5.02 Å². The lowest BCUT2D eigenvalue weighted by molar-refractivity contribution is 0.402. The Bertz CT molecular complexity index is 413. The molecule has 0 amide bonds. The Balaban J connectivity index is 3.26. The van der Waals surface area contributed by atoms with Crippen molar-refractivity contribution in [1.29, 1.82) is 0 Å². The van der Waals surface area contributed by atoms with Crippen LogP contribution in [-0.2, 0) is 6.54 Å². The normalized spacial score (nSPS) is 11.1. The van der Waals surface area contributed by atoms with E-state index in [4.69, 9.17) is 16.3 Å². The summed E-state index contributed by atoms with van der Waals surface area (Å²) >= 11 is 6.35. The second kappa shape index (κ2) is 5.74. The molecule has 0 atom stereocenters. The minimum Gasteiger partial charge on any atom is -0.496 e. The topological polar surface area (TPSA) is 21.3 Å². The van der Waals surface area contributed by atoms with Crippen LogP contribution in [0.1, 0.15) is 36.1 Å². The number of benzene rings is 1. The summed E-state index contributed by atoms with van der Waals surface area (Å²) in [5.41, 5.74) is 4.51. The molecule has 0 bridgehead atoms. The van der Waals surface area contributed by atoms with E-state index >= 15 is 0 Å². The maximum atomic E-state index is 6.35. The van der Waals surface area contributed by atoms with E-state index < -0.39 is 0 Å². The van der Waals surface area contributed by atoms with Gasteiger partial charge in [0.1, 0.15) is 5.75 Å². The number of rotatable bonds is 4. The highest BCUT2D eigenvalue weighted by molar-refractivity contribution is 6.32. The standard InChI is InChI=1S/C14H22ClNO/c1-8(2)16-7-12-11(5)13(15)9(3)10(4)14(12)17-6/h8,16H,7H2,1-6H3. The van der Waals surface area contributed by atoms with Gasteiger partial charge in [0.15, 0.2) is 0 Å². The van der Waals surface area contributed by atoms with E-state index in [2.05, 4.69) is 33.0 Å². The van der Waals surface area contributed by atoms with Gasteiger partial charge in [-0.05, 0) is 37.5 Å². The summed E-state index contributed by atoms with van der Waals surface area (Å²) in [7, 11) is 1.72. The second-order valence-corrected chi connectivity index (χ2v) is 5.11. The zero-order valence-corrected chi connectivity index (χ0v) is 12.3. The van der Waals surface area contributed by atoms with Gasteiger partial charge in [0.25, 0.3) is 0 Å². The van der Waals surface area contributed by atoms with E-state index in [9.17, 15) is 0 Å². The third kappa shape index (κ3) is 2.93. The first kappa shape index (κ1) is 14.3. The fourth-order valence-electron chi connectivity index (χ4n) is 1.94. The van der Waals surface area contributed by atoms with Gasteiger partial charge < -0.3 is 10.1 Å². The Morgan fingerprint density at radius 3 is 2.18 bits per heavy atom. The summed E-state index contributed by atoms with van der Waals surface area (Å²) in [4.78, 5) is 0. The number of methoxy groups -OCH3 is 1. The molecule has 0 spiro atoms. The molecule has 0 radical (unpaired) electrons. The Kier molecular flexibility index (Phi) is 4.84. The van der Waals surface area contributed by atoms with Crippen molar-refractivity contribution in [2.24, 2.45) is 0 Å². The summed E-state index contributed by atoms with van der Waals surface area (Å²) in [6.45, 7) is 11.2. The Hall–Kier alpha value is -0.730. The van der Waals surface area contributed by atoms with E-state index in [1.807, 2.05) is 6.92 Å². The second-order valence-electron chi connectivity index (χ2n) is 4.74. The highest BCUT2D eigenvalue weighted by atomic mass is 35.5. The van der Waals surface area contributed by atoms with E-state index in [-0.39, 0.29) is 0 Å². The summed E-state index contributed by atoms with van der Waals surface area (Å²) in [6.07, 6.45) is 0. The molecule has 17 heavy (non-hydrogen) atoms. The van der Waals surface area contributed by atoms with Crippen LogP contribution in [0, 0.1) is 20.8 Å². The molecule has 1 N–H and O–H groups in total. The molecule has 1 aromatic rings. The summed E-state index contributed by atoms with van der Waals surface area (Å²) in [5.74, 6) is 0.956. The minimum atomic E-state index is 0.444. The molecule has 0 aromatic heterocycles. The molecular formula is C14H22ClNO. The van der Waals surface area contributed by atoms with Gasteiger partial charge >= 0.3 is 0 Å². The quantitative estimate of drug-likeness (QED) is 0.884. The van der Waals surface area contributed by atoms with Crippen molar-refractivity contribution in [3.05, 3.63) is 27.3 Å². The van der Waals surface area contributed by atoms with E-state index in [0.29, 0.717) is 6.04 Å². The zero-order valence-electron chi connectivity index (χ0n) is 11.6. The maximum Gasteiger partial charge on any atom is 0.126 e. The summed E-state index contributed by atoms with van der Waals surface area (Å²) < 4.78 is 5.53. The molecule has 1 aromatic carbocycles. The van der Waals surface area contributed by atoms with Crippen LogP contribution in [0.15, 0.2) is 0 Å². The van der Waals surface area contributed by atoms with E-state index in [1.165, 1.54) is 0 Å². The van der Waals surface area contributed by atoms with Gasteiger partial charge in [0, 0.05) is 23.2 Å². The van der Waals surface area contributed by atoms with Gasteiger partial charge in [-0.25, -0.2) is 0 Å². The number of halogens is 1. The van der Waals surface area contributed by atoms with Crippen LogP contribution in [0.3, 0.4) is 0 Å². The molecule has 0 aliphatic heterocycles. The fourth-order valence-corrected chi connectivity index (χ4v) is 2.20. The van der Waals surface area contributed by atoms with Crippen LogP contribution in [0.5, 0.6) is 5.75 Å². The molecule has 3 heteroatoms. The third-order valence-electron chi connectivity index (χ3n) is 3.18. The Morgan fingerprint density at radius 2 is 1.71 bits per heavy atom. The smallest absolute Gasteiger partial charge is 0.126 e. The fraction of sp³-hybridized carbons (Fsp3) is 0.571. The van der Waals surface area contributed by atoms with Gasteiger partial charge in [-0.2, -0.15) is 0 Å².